The standard InChI is InChI=1S/C16H17ClFNO/c1-11-5-3-4-6-15(11)19-16(2,10-20)13-8-7-12(18)9-14(13)17/h3-9,19-20H,10H2,1-2H3. The van der Waals surface area contributed by atoms with Crippen LogP contribution in [0.2, 0.25) is 5.02 Å². The average Bonchev–Trinajstić information content (AvgIpc) is 2.41. The Labute approximate surface area is 123 Å². The third-order valence-corrected chi connectivity index (χ3v) is 3.71. The number of hydrogen-bond donors (Lipinski definition) is 2. The van der Waals surface area contributed by atoms with Crippen LogP contribution in [0.3, 0.4) is 0 Å². The maximum absolute atomic E-state index is 13.2. The topological polar surface area (TPSA) is 32.3 Å². The van der Waals surface area contributed by atoms with Gasteiger partial charge in [-0.25, -0.2) is 4.39 Å². The van der Waals surface area contributed by atoms with E-state index in [1.54, 1.807) is 6.07 Å². The van der Waals surface area contributed by atoms with Crippen LogP contribution in [0.25, 0.3) is 0 Å². The third kappa shape index (κ3) is 2.94. The first-order chi connectivity index (χ1) is 9.46. The molecule has 2 N–H and O–H groups in total. The second-order valence-corrected chi connectivity index (χ2v) is 5.46. The average molecular weight is 294 g/mol. The minimum atomic E-state index is -0.781. The quantitative estimate of drug-likeness (QED) is 0.889. The van der Waals surface area contributed by atoms with Crippen LogP contribution in [-0.2, 0) is 5.54 Å². The lowest BCUT2D eigenvalue weighted by atomic mass is 9.92. The Morgan fingerprint density at radius 2 is 1.95 bits per heavy atom. The Hall–Kier alpha value is -1.58. The predicted molar refractivity (Wildman–Crippen MR) is 80.6 cm³/mol. The van der Waals surface area contributed by atoms with Gasteiger partial charge in [0.1, 0.15) is 5.82 Å². The Bertz CT molecular complexity index is 617. The molecule has 0 aromatic heterocycles. The van der Waals surface area contributed by atoms with Gasteiger partial charge in [-0.15, -0.1) is 0 Å². The van der Waals surface area contributed by atoms with E-state index in [-0.39, 0.29) is 6.61 Å². The molecule has 2 aromatic carbocycles. The second-order valence-electron chi connectivity index (χ2n) is 5.05. The number of benzene rings is 2. The first-order valence-electron chi connectivity index (χ1n) is 6.36. The molecule has 2 aromatic rings. The van der Waals surface area contributed by atoms with Crippen LogP contribution in [0, 0.1) is 12.7 Å². The van der Waals surface area contributed by atoms with Gasteiger partial charge >= 0.3 is 0 Å². The highest BCUT2D eigenvalue weighted by Gasteiger charge is 2.28. The summed E-state index contributed by atoms with van der Waals surface area (Å²) in [6, 6.07) is 12.0. The minimum absolute atomic E-state index is 0.160. The first kappa shape index (κ1) is 14.8. The molecule has 0 radical (unpaired) electrons. The van der Waals surface area contributed by atoms with Crippen molar-refractivity contribution in [2.24, 2.45) is 0 Å². The monoisotopic (exact) mass is 293 g/mol. The molecular weight excluding hydrogens is 277 g/mol. The summed E-state index contributed by atoms with van der Waals surface area (Å²) in [5, 5.41) is 13.4. The molecule has 106 valence electrons. The number of aliphatic hydroxyl groups is 1. The van der Waals surface area contributed by atoms with Crippen LogP contribution in [0.15, 0.2) is 42.5 Å². The highest BCUT2D eigenvalue weighted by molar-refractivity contribution is 6.31. The van der Waals surface area contributed by atoms with Gasteiger partial charge in [0, 0.05) is 10.7 Å². The summed E-state index contributed by atoms with van der Waals surface area (Å²) in [5.74, 6) is -0.394. The molecule has 0 saturated carbocycles. The second kappa shape index (κ2) is 5.81. The lowest BCUT2D eigenvalue weighted by molar-refractivity contribution is 0.224. The van der Waals surface area contributed by atoms with Crippen LogP contribution in [0.4, 0.5) is 10.1 Å². The molecule has 0 heterocycles. The molecule has 2 nitrogen and oxygen atoms in total. The van der Waals surface area contributed by atoms with Gasteiger partial charge in [0.25, 0.3) is 0 Å². The fourth-order valence-corrected chi connectivity index (χ4v) is 2.52. The van der Waals surface area contributed by atoms with E-state index >= 15 is 0 Å². The number of rotatable bonds is 4. The predicted octanol–water partition coefficient (Wildman–Crippen LogP) is 4.11. The Kier molecular flexibility index (Phi) is 4.31. The van der Waals surface area contributed by atoms with Gasteiger partial charge in [-0.05, 0) is 43.2 Å². The number of para-hydroxylation sites is 1. The van der Waals surface area contributed by atoms with Crippen LogP contribution >= 0.6 is 11.6 Å². The van der Waals surface area contributed by atoms with Gasteiger partial charge < -0.3 is 10.4 Å². The van der Waals surface area contributed by atoms with Crippen LogP contribution in [0.5, 0.6) is 0 Å². The van der Waals surface area contributed by atoms with E-state index in [1.807, 2.05) is 38.1 Å². The van der Waals surface area contributed by atoms with E-state index in [0.29, 0.717) is 10.6 Å². The zero-order chi connectivity index (χ0) is 14.8. The summed E-state index contributed by atoms with van der Waals surface area (Å²) in [5.41, 5.74) is 1.85. The number of hydrogen-bond acceptors (Lipinski definition) is 2. The summed E-state index contributed by atoms with van der Waals surface area (Å²) < 4.78 is 13.2. The van der Waals surface area contributed by atoms with Crippen molar-refractivity contribution >= 4 is 17.3 Å². The van der Waals surface area contributed by atoms with Gasteiger partial charge in [-0.1, -0.05) is 35.9 Å². The maximum atomic E-state index is 13.2. The molecular formula is C16H17ClFNO. The maximum Gasteiger partial charge on any atom is 0.124 e. The first-order valence-corrected chi connectivity index (χ1v) is 6.74. The smallest absolute Gasteiger partial charge is 0.124 e. The van der Waals surface area contributed by atoms with Crippen molar-refractivity contribution in [3.8, 4) is 0 Å². The van der Waals surface area contributed by atoms with Gasteiger partial charge in [0.05, 0.1) is 12.1 Å². The molecule has 20 heavy (non-hydrogen) atoms. The van der Waals surface area contributed by atoms with Crippen LogP contribution in [0.1, 0.15) is 18.1 Å². The van der Waals surface area contributed by atoms with Gasteiger partial charge in [0.15, 0.2) is 0 Å². The van der Waals surface area contributed by atoms with E-state index in [0.717, 1.165) is 11.3 Å². The fourth-order valence-electron chi connectivity index (χ4n) is 2.14. The van der Waals surface area contributed by atoms with Gasteiger partial charge in [-0.2, -0.15) is 0 Å². The molecule has 4 heteroatoms. The molecule has 0 amide bonds. The van der Waals surface area contributed by atoms with Crippen molar-refractivity contribution in [1.82, 2.24) is 0 Å². The molecule has 1 atom stereocenters. The third-order valence-electron chi connectivity index (χ3n) is 3.40. The van der Waals surface area contributed by atoms with Crippen molar-refractivity contribution in [3.05, 3.63) is 64.4 Å². The van der Waals surface area contributed by atoms with E-state index in [2.05, 4.69) is 5.32 Å². The largest absolute Gasteiger partial charge is 0.394 e. The molecule has 0 spiro atoms. The Balaban J connectivity index is 2.41. The number of nitrogens with one attached hydrogen (secondary N) is 1. The summed E-state index contributed by atoms with van der Waals surface area (Å²) in [7, 11) is 0. The summed E-state index contributed by atoms with van der Waals surface area (Å²) >= 11 is 6.11. The summed E-state index contributed by atoms with van der Waals surface area (Å²) in [6.07, 6.45) is 0. The van der Waals surface area contributed by atoms with Gasteiger partial charge in [-0.3, -0.25) is 0 Å². The van der Waals surface area contributed by atoms with Crippen molar-refractivity contribution in [2.75, 3.05) is 11.9 Å². The highest BCUT2D eigenvalue weighted by Crippen LogP contribution is 2.32. The van der Waals surface area contributed by atoms with E-state index < -0.39 is 11.4 Å². The van der Waals surface area contributed by atoms with Crippen molar-refractivity contribution in [1.29, 1.82) is 0 Å². The molecule has 0 aliphatic heterocycles. The normalized spacial score (nSPS) is 13.8. The molecule has 0 saturated heterocycles. The molecule has 0 fully saturated rings. The molecule has 2 rings (SSSR count). The molecule has 0 aliphatic rings. The van der Waals surface area contributed by atoms with Gasteiger partial charge in [0.2, 0.25) is 0 Å². The number of aryl methyl sites for hydroxylation is 1. The van der Waals surface area contributed by atoms with Crippen molar-refractivity contribution < 1.29 is 9.50 Å². The zero-order valence-corrected chi connectivity index (χ0v) is 12.2. The Morgan fingerprint density at radius 1 is 1.25 bits per heavy atom. The Morgan fingerprint density at radius 3 is 2.55 bits per heavy atom. The zero-order valence-electron chi connectivity index (χ0n) is 11.5. The summed E-state index contributed by atoms with van der Waals surface area (Å²) in [6.45, 7) is 3.65. The lowest BCUT2D eigenvalue weighted by Gasteiger charge is -2.32. The van der Waals surface area contributed by atoms with Crippen molar-refractivity contribution in [2.45, 2.75) is 19.4 Å². The van der Waals surface area contributed by atoms with Crippen LogP contribution < -0.4 is 5.32 Å². The number of halogens is 2. The lowest BCUT2D eigenvalue weighted by Crippen LogP contribution is -2.36. The molecule has 1 unspecified atom stereocenters. The minimum Gasteiger partial charge on any atom is -0.394 e. The highest BCUT2D eigenvalue weighted by atomic mass is 35.5. The van der Waals surface area contributed by atoms with E-state index in [9.17, 15) is 9.50 Å². The SMILES string of the molecule is Cc1ccccc1NC(C)(CO)c1ccc(F)cc1Cl. The number of anilines is 1. The number of aliphatic hydroxyl groups excluding tert-OH is 1. The molecule has 0 aliphatic carbocycles. The van der Waals surface area contributed by atoms with E-state index in [4.69, 9.17) is 11.6 Å². The van der Waals surface area contributed by atoms with Crippen molar-refractivity contribution in [3.63, 3.8) is 0 Å². The fraction of sp³-hybridized carbons (Fsp3) is 0.250. The molecule has 0 bridgehead atoms. The van der Waals surface area contributed by atoms with E-state index in [1.165, 1.54) is 12.1 Å². The van der Waals surface area contributed by atoms with Crippen LogP contribution in [-0.4, -0.2) is 11.7 Å². The summed E-state index contributed by atoms with van der Waals surface area (Å²) in [4.78, 5) is 0.